The van der Waals surface area contributed by atoms with Crippen molar-refractivity contribution in [3.63, 3.8) is 0 Å². The fourth-order valence-corrected chi connectivity index (χ4v) is 3.91. The van der Waals surface area contributed by atoms with Crippen LogP contribution < -0.4 is 5.32 Å². The third-order valence-corrected chi connectivity index (χ3v) is 5.40. The lowest BCUT2D eigenvalue weighted by Gasteiger charge is -2.30. The maximum Gasteiger partial charge on any atom is 0.337 e. The van der Waals surface area contributed by atoms with Gasteiger partial charge in [-0.05, 0) is 36.4 Å². The number of hydrogen-bond acceptors (Lipinski definition) is 5. The Kier molecular flexibility index (Phi) is 6.45. The first-order valence-corrected chi connectivity index (χ1v) is 10.4. The van der Waals surface area contributed by atoms with Crippen molar-refractivity contribution in [1.29, 1.82) is 5.26 Å². The first-order chi connectivity index (χ1) is 13.6. The zero-order valence-corrected chi connectivity index (χ0v) is 17.1. The van der Waals surface area contributed by atoms with Crippen LogP contribution in [0.15, 0.2) is 70.8 Å². The summed E-state index contributed by atoms with van der Waals surface area (Å²) in [5, 5.41) is 14.5. The molecule has 1 aliphatic rings. The Morgan fingerprint density at radius 2 is 1.89 bits per heavy atom. The molecule has 1 atom stereocenters. The largest absolute Gasteiger partial charge is 0.463 e. The van der Waals surface area contributed by atoms with Crippen LogP contribution in [0, 0.1) is 11.3 Å². The molecule has 0 amide bonds. The molecule has 2 aromatic rings. The second-order valence-corrected chi connectivity index (χ2v) is 7.30. The van der Waals surface area contributed by atoms with E-state index in [0.717, 1.165) is 11.1 Å². The van der Waals surface area contributed by atoms with E-state index in [2.05, 4.69) is 11.4 Å². The summed E-state index contributed by atoms with van der Waals surface area (Å²) in [5.74, 6) is -0.984. The molecular formula is C22H19ClN2O2S. The van der Waals surface area contributed by atoms with E-state index in [4.69, 9.17) is 16.3 Å². The van der Waals surface area contributed by atoms with E-state index in [9.17, 15) is 10.1 Å². The van der Waals surface area contributed by atoms with Crippen LogP contribution in [0.3, 0.4) is 0 Å². The van der Waals surface area contributed by atoms with Crippen molar-refractivity contribution in [3.8, 4) is 6.07 Å². The van der Waals surface area contributed by atoms with Gasteiger partial charge in [0.1, 0.15) is 0 Å². The molecule has 6 heteroatoms. The first-order valence-electron chi connectivity index (χ1n) is 8.78. The lowest BCUT2D eigenvalue weighted by atomic mass is 9.81. The van der Waals surface area contributed by atoms with Crippen molar-refractivity contribution in [2.45, 2.75) is 12.8 Å². The second-order valence-electron chi connectivity index (χ2n) is 6.04. The summed E-state index contributed by atoms with van der Waals surface area (Å²) in [5.41, 5.74) is 3.23. The topological polar surface area (TPSA) is 62.1 Å². The third kappa shape index (κ3) is 3.94. The zero-order chi connectivity index (χ0) is 20.1. The van der Waals surface area contributed by atoms with Gasteiger partial charge in [-0.2, -0.15) is 5.26 Å². The van der Waals surface area contributed by atoms with Gasteiger partial charge in [-0.25, -0.2) is 4.79 Å². The van der Waals surface area contributed by atoms with Gasteiger partial charge >= 0.3 is 5.97 Å². The predicted molar refractivity (Wildman–Crippen MR) is 113 cm³/mol. The second kappa shape index (κ2) is 9.01. The van der Waals surface area contributed by atoms with E-state index in [-0.39, 0.29) is 6.61 Å². The van der Waals surface area contributed by atoms with E-state index in [1.54, 1.807) is 19.1 Å². The molecule has 1 aliphatic heterocycles. The van der Waals surface area contributed by atoms with Gasteiger partial charge in [-0.1, -0.05) is 54.1 Å². The van der Waals surface area contributed by atoms with Gasteiger partial charge in [-0.3, -0.25) is 0 Å². The van der Waals surface area contributed by atoms with Crippen LogP contribution in [-0.2, 0) is 9.53 Å². The number of ether oxygens (including phenoxy) is 1. The van der Waals surface area contributed by atoms with E-state index >= 15 is 0 Å². The maximum absolute atomic E-state index is 13.0. The minimum absolute atomic E-state index is 0.249. The minimum atomic E-state index is -0.541. The molecule has 0 saturated heterocycles. The summed E-state index contributed by atoms with van der Waals surface area (Å²) in [6.45, 7) is 2.02. The van der Waals surface area contributed by atoms with Crippen LogP contribution in [0.4, 0.5) is 0 Å². The number of thioether (sulfide) groups is 1. The summed E-state index contributed by atoms with van der Waals surface area (Å²) in [6.07, 6.45) is 1.90. The standard InChI is InChI=1S/C22H19ClN2O2S/c1-3-27-22(26)19-18(14-9-11-16(23)12-10-14)17(13-24)21(28-2)25-20(19)15-7-5-4-6-8-15/h4-12,18,25H,3H2,1-2H3/t18-/m1/s1. The van der Waals surface area contributed by atoms with Crippen molar-refractivity contribution in [1.82, 2.24) is 5.32 Å². The van der Waals surface area contributed by atoms with Crippen LogP contribution >= 0.6 is 23.4 Å². The number of carbonyl (C=O) groups excluding carboxylic acids is 1. The average Bonchev–Trinajstić information content (AvgIpc) is 2.73. The van der Waals surface area contributed by atoms with Crippen LogP contribution in [0.1, 0.15) is 24.0 Å². The molecule has 3 rings (SSSR count). The molecule has 2 aromatic carbocycles. The highest BCUT2D eigenvalue weighted by molar-refractivity contribution is 8.02. The number of dihydropyridines is 1. The lowest BCUT2D eigenvalue weighted by Crippen LogP contribution is -2.29. The molecule has 0 bridgehead atoms. The molecule has 0 spiro atoms. The molecule has 0 unspecified atom stereocenters. The first kappa shape index (κ1) is 20.1. The summed E-state index contributed by atoms with van der Waals surface area (Å²) >= 11 is 7.49. The monoisotopic (exact) mass is 410 g/mol. The summed E-state index contributed by atoms with van der Waals surface area (Å²) < 4.78 is 5.37. The van der Waals surface area contributed by atoms with Crippen molar-refractivity contribution >= 4 is 35.0 Å². The van der Waals surface area contributed by atoms with E-state index < -0.39 is 11.9 Å². The Morgan fingerprint density at radius 3 is 2.46 bits per heavy atom. The Hall–Kier alpha value is -2.68. The number of allylic oxidation sites excluding steroid dienone is 1. The molecule has 1 heterocycles. The fraction of sp³-hybridized carbons (Fsp3) is 0.182. The number of nitriles is 1. The predicted octanol–water partition coefficient (Wildman–Crippen LogP) is 5.10. The number of halogens is 1. The Balaban J connectivity index is 2.29. The van der Waals surface area contributed by atoms with Crippen molar-refractivity contribution in [2.75, 3.05) is 12.9 Å². The van der Waals surface area contributed by atoms with Gasteiger partial charge in [0.15, 0.2) is 0 Å². The maximum atomic E-state index is 13.0. The number of rotatable bonds is 5. The highest BCUT2D eigenvalue weighted by atomic mass is 35.5. The van der Waals surface area contributed by atoms with Crippen molar-refractivity contribution in [2.24, 2.45) is 0 Å². The van der Waals surface area contributed by atoms with E-state index in [1.165, 1.54) is 11.8 Å². The average molecular weight is 411 g/mol. The molecule has 142 valence electrons. The molecule has 28 heavy (non-hydrogen) atoms. The highest BCUT2D eigenvalue weighted by Gasteiger charge is 2.36. The quantitative estimate of drug-likeness (QED) is 0.695. The van der Waals surface area contributed by atoms with Crippen molar-refractivity contribution in [3.05, 3.63) is 86.9 Å². The number of nitrogens with zero attached hydrogens (tertiary/aromatic N) is 1. The molecule has 1 N–H and O–H groups in total. The van der Waals surface area contributed by atoms with E-state index in [1.807, 2.05) is 48.7 Å². The number of esters is 1. The molecule has 0 saturated carbocycles. The third-order valence-electron chi connectivity index (χ3n) is 4.42. The van der Waals surface area contributed by atoms with Crippen LogP contribution in [0.5, 0.6) is 0 Å². The van der Waals surface area contributed by atoms with Crippen LogP contribution in [0.2, 0.25) is 5.02 Å². The van der Waals surface area contributed by atoms with Gasteiger partial charge < -0.3 is 10.1 Å². The smallest absolute Gasteiger partial charge is 0.337 e. The number of benzene rings is 2. The molecule has 4 nitrogen and oxygen atoms in total. The molecular weight excluding hydrogens is 392 g/mol. The number of nitrogens with one attached hydrogen (secondary N) is 1. The highest BCUT2D eigenvalue weighted by Crippen LogP contribution is 2.43. The molecule has 0 fully saturated rings. The van der Waals surface area contributed by atoms with Gasteiger partial charge in [0.25, 0.3) is 0 Å². The molecule has 0 aromatic heterocycles. The normalized spacial score (nSPS) is 16.4. The molecule has 0 radical (unpaired) electrons. The summed E-state index contributed by atoms with van der Waals surface area (Å²) in [4.78, 5) is 13.0. The lowest BCUT2D eigenvalue weighted by molar-refractivity contribution is -0.138. The number of hydrogen-bond donors (Lipinski definition) is 1. The number of carbonyl (C=O) groups is 1. The van der Waals surface area contributed by atoms with Crippen LogP contribution in [-0.4, -0.2) is 18.8 Å². The summed E-state index contributed by atoms with van der Waals surface area (Å²) in [6, 6.07) is 19.1. The Labute approximate surface area is 173 Å². The van der Waals surface area contributed by atoms with Crippen LogP contribution in [0.25, 0.3) is 5.70 Å². The summed E-state index contributed by atoms with van der Waals surface area (Å²) in [7, 11) is 0. The van der Waals surface area contributed by atoms with E-state index in [0.29, 0.717) is 26.9 Å². The van der Waals surface area contributed by atoms with Gasteiger partial charge in [0.2, 0.25) is 0 Å². The van der Waals surface area contributed by atoms with Gasteiger partial charge in [0.05, 0.1) is 40.5 Å². The molecule has 0 aliphatic carbocycles. The Morgan fingerprint density at radius 1 is 1.21 bits per heavy atom. The SMILES string of the molecule is CCOC(=O)C1=C(c2ccccc2)NC(SC)=C(C#N)[C@H]1c1ccc(Cl)cc1. The van der Waals surface area contributed by atoms with Gasteiger partial charge in [0, 0.05) is 5.02 Å². The Bertz CT molecular complexity index is 976. The van der Waals surface area contributed by atoms with Gasteiger partial charge in [-0.15, -0.1) is 11.8 Å². The zero-order valence-electron chi connectivity index (χ0n) is 15.5. The fourth-order valence-electron chi connectivity index (χ4n) is 3.19. The minimum Gasteiger partial charge on any atom is -0.463 e. The van der Waals surface area contributed by atoms with Crippen molar-refractivity contribution < 1.29 is 9.53 Å².